The van der Waals surface area contributed by atoms with Gasteiger partial charge in [0, 0.05) is 19.1 Å². The number of para-hydroxylation sites is 1. The molecule has 0 saturated carbocycles. The first-order chi connectivity index (χ1) is 12.1. The number of amides is 1. The molecular weight excluding hydrogens is 336 g/mol. The summed E-state index contributed by atoms with van der Waals surface area (Å²) in [5.74, 6) is -0.158. The predicted molar refractivity (Wildman–Crippen MR) is 101 cm³/mol. The number of hydrogen-bond acceptors (Lipinski definition) is 3. The summed E-state index contributed by atoms with van der Waals surface area (Å²) in [6.45, 7) is 6.67. The van der Waals surface area contributed by atoms with Gasteiger partial charge in [-0.15, -0.1) is 0 Å². The molecule has 6 heteroatoms. The molecule has 1 atom stereocenters. The number of nitrogens with one attached hydrogen (secondary N) is 1. The van der Waals surface area contributed by atoms with E-state index in [9.17, 15) is 4.79 Å². The normalized spacial score (nSPS) is 18.3. The maximum absolute atomic E-state index is 12.6. The van der Waals surface area contributed by atoms with Gasteiger partial charge in [0.2, 0.25) is 0 Å². The highest BCUT2D eigenvalue weighted by atomic mass is 35.5. The molecule has 2 aromatic rings. The third-order valence-corrected chi connectivity index (χ3v) is 5.21. The maximum atomic E-state index is 12.6. The highest BCUT2D eigenvalue weighted by Crippen LogP contribution is 2.23. The number of aryl methyl sites for hydroxylation is 1. The number of halogens is 1. The zero-order valence-electron chi connectivity index (χ0n) is 14.8. The van der Waals surface area contributed by atoms with E-state index in [1.54, 1.807) is 4.68 Å². The highest BCUT2D eigenvalue weighted by molar-refractivity contribution is 6.33. The summed E-state index contributed by atoms with van der Waals surface area (Å²) in [4.78, 5) is 15.0. The van der Waals surface area contributed by atoms with E-state index in [0.717, 1.165) is 18.8 Å². The Morgan fingerprint density at radius 2 is 2.08 bits per heavy atom. The molecule has 1 aromatic heterocycles. The molecule has 134 valence electrons. The summed E-state index contributed by atoms with van der Waals surface area (Å²) in [6, 6.07) is 10.2. The number of piperidine rings is 1. The van der Waals surface area contributed by atoms with Crippen molar-refractivity contribution in [3.05, 3.63) is 46.7 Å². The molecular formula is C19H25ClN4O. The largest absolute Gasteiger partial charge is 0.351 e. The Morgan fingerprint density at radius 1 is 1.32 bits per heavy atom. The van der Waals surface area contributed by atoms with Crippen molar-refractivity contribution in [2.24, 2.45) is 0 Å². The van der Waals surface area contributed by atoms with Crippen molar-refractivity contribution < 1.29 is 4.79 Å². The molecule has 1 saturated heterocycles. The summed E-state index contributed by atoms with van der Waals surface area (Å²) in [6.07, 6.45) is 3.79. The minimum Gasteiger partial charge on any atom is -0.351 e. The van der Waals surface area contributed by atoms with Crippen molar-refractivity contribution in [2.45, 2.75) is 39.2 Å². The van der Waals surface area contributed by atoms with E-state index in [-0.39, 0.29) is 5.91 Å². The lowest BCUT2D eigenvalue weighted by molar-refractivity contribution is 0.0938. The number of benzene rings is 1. The zero-order chi connectivity index (χ0) is 17.8. The van der Waals surface area contributed by atoms with Crippen LogP contribution in [0.1, 0.15) is 42.2 Å². The highest BCUT2D eigenvalue weighted by Gasteiger charge is 2.22. The summed E-state index contributed by atoms with van der Waals surface area (Å²) >= 11 is 6.44. The van der Waals surface area contributed by atoms with Crippen LogP contribution in [0.4, 0.5) is 0 Å². The van der Waals surface area contributed by atoms with Crippen LogP contribution in [-0.2, 0) is 0 Å². The van der Waals surface area contributed by atoms with Crippen molar-refractivity contribution in [1.82, 2.24) is 20.0 Å². The number of carbonyl (C=O) groups excluding carboxylic acids is 1. The molecule has 25 heavy (non-hydrogen) atoms. The monoisotopic (exact) mass is 360 g/mol. The van der Waals surface area contributed by atoms with E-state index in [1.165, 1.54) is 19.3 Å². The fourth-order valence-corrected chi connectivity index (χ4v) is 3.75. The molecule has 1 aromatic carbocycles. The van der Waals surface area contributed by atoms with Crippen LogP contribution in [0.25, 0.3) is 5.69 Å². The van der Waals surface area contributed by atoms with Crippen LogP contribution in [0.15, 0.2) is 30.3 Å². The van der Waals surface area contributed by atoms with E-state index < -0.39 is 0 Å². The van der Waals surface area contributed by atoms with Gasteiger partial charge in [-0.25, -0.2) is 4.68 Å². The molecule has 1 fully saturated rings. The SMILES string of the molecule is Cc1nn(-c2ccccc2)c(Cl)c1C(=O)NCCN1CCCCC1C. The fourth-order valence-electron chi connectivity index (χ4n) is 3.39. The second-order valence-corrected chi connectivity index (χ2v) is 6.99. The molecule has 3 rings (SSSR count). The van der Waals surface area contributed by atoms with Gasteiger partial charge in [0.15, 0.2) is 0 Å². The van der Waals surface area contributed by atoms with Crippen LogP contribution in [0, 0.1) is 6.92 Å². The molecule has 0 aliphatic carbocycles. The Kier molecular flexibility index (Phi) is 5.76. The quantitative estimate of drug-likeness (QED) is 0.888. The molecule has 5 nitrogen and oxygen atoms in total. The van der Waals surface area contributed by atoms with Crippen molar-refractivity contribution >= 4 is 17.5 Å². The van der Waals surface area contributed by atoms with Gasteiger partial charge in [-0.1, -0.05) is 36.2 Å². The van der Waals surface area contributed by atoms with Gasteiger partial charge in [0.05, 0.1) is 16.9 Å². The van der Waals surface area contributed by atoms with Crippen molar-refractivity contribution in [3.8, 4) is 5.69 Å². The van der Waals surface area contributed by atoms with Gasteiger partial charge in [-0.05, 0) is 45.4 Å². The fraction of sp³-hybridized carbons (Fsp3) is 0.474. The van der Waals surface area contributed by atoms with Gasteiger partial charge in [-0.2, -0.15) is 5.10 Å². The van der Waals surface area contributed by atoms with Crippen LogP contribution in [0.2, 0.25) is 5.15 Å². The lowest BCUT2D eigenvalue weighted by atomic mass is 10.0. The Morgan fingerprint density at radius 3 is 2.80 bits per heavy atom. The van der Waals surface area contributed by atoms with Crippen LogP contribution in [-0.4, -0.2) is 46.3 Å². The zero-order valence-corrected chi connectivity index (χ0v) is 15.6. The number of rotatable bonds is 5. The van der Waals surface area contributed by atoms with Crippen LogP contribution in [0.3, 0.4) is 0 Å². The second-order valence-electron chi connectivity index (χ2n) is 6.64. The van der Waals surface area contributed by atoms with Gasteiger partial charge in [-0.3, -0.25) is 9.69 Å². The number of aromatic nitrogens is 2. The molecule has 1 N–H and O–H groups in total. The second kappa shape index (κ2) is 8.02. The van der Waals surface area contributed by atoms with E-state index in [1.807, 2.05) is 37.3 Å². The molecule has 0 spiro atoms. The Bertz CT molecular complexity index is 729. The maximum Gasteiger partial charge on any atom is 0.256 e. The van der Waals surface area contributed by atoms with Gasteiger partial charge < -0.3 is 5.32 Å². The smallest absolute Gasteiger partial charge is 0.256 e. The average molecular weight is 361 g/mol. The number of likely N-dealkylation sites (tertiary alicyclic amines) is 1. The first kappa shape index (κ1) is 18.0. The molecule has 0 radical (unpaired) electrons. The van der Waals surface area contributed by atoms with Crippen LogP contribution >= 0.6 is 11.6 Å². The molecule has 1 unspecified atom stereocenters. The summed E-state index contributed by atoms with van der Waals surface area (Å²) in [5, 5.41) is 7.77. The minimum absolute atomic E-state index is 0.158. The van der Waals surface area contributed by atoms with Crippen LogP contribution < -0.4 is 5.32 Å². The van der Waals surface area contributed by atoms with E-state index in [0.29, 0.717) is 29.0 Å². The number of carbonyl (C=O) groups is 1. The molecule has 1 aliphatic rings. The molecule has 2 heterocycles. The summed E-state index contributed by atoms with van der Waals surface area (Å²) in [7, 11) is 0. The summed E-state index contributed by atoms with van der Waals surface area (Å²) in [5.41, 5.74) is 1.94. The van der Waals surface area contributed by atoms with Crippen molar-refractivity contribution in [3.63, 3.8) is 0 Å². The Balaban J connectivity index is 1.65. The van der Waals surface area contributed by atoms with Crippen molar-refractivity contribution in [2.75, 3.05) is 19.6 Å². The number of nitrogens with zero attached hydrogens (tertiary/aromatic N) is 3. The first-order valence-corrected chi connectivity index (χ1v) is 9.28. The van der Waals surface area contributed by atoms with Gasteiger partial charge in [0.1, 0.15) is 5.15 Å². The summed E-state index contributed by atoms with van der Waals surface area (Å²) < 4.78 is 1.61. The predicted octanol–water partition coefficient (Wildman–Crippen LogP) is 3.44. The van der Waals surface area contributed by atoms with Crippen molar-refractivity contribution in [1.29, 1.82) is 0 Å². The Labute approximate surface area is 154 Å². The Hall–Kier alpha value is -1.85. The van der Waals surface area contributed by atoms with E-state index >= 15 is 0 Å². The third-order valence-electron chi connectivity index (χ3n) is 4.86. The molecule has 1 aliphatic heterocycles. The standard InChI is InChI=1S/C19H25ClN4O/c1-14-8-6-7-12-23(14)13-11-21-19(25)17-15(2)22-24(18(17)20)16-9-4-3-5-10-16/h3-5,9-10,14H,6-8,11-13H2,1-2H3,(H,21,25). The van der Waals surface area contributed by atoms with E-state index in [2.05, 4.69) is 22.2 Å². The van der Waals surface area contributed by atoms with Crippen LogP contribution in [0.5, 0.6) is 0 Å². The van der Waals surface area contributed by atoms with Gasteiger partial charge >= 0.3 is 0 Å². The molecule has 1 amide bonds. The first-order valence-electron chi connectivity index (χ1n) is 8.90. The lowest BCUT2D eigenvalue weighted by Gasteiger charge is -2.33. The van der Waals surface area contributed by atoms with Gasteiger partial charge in [0.25, 0.3) is 5.91 Å². The minimum atomic E-state index is -0.158. The average Bonchev–Trinajstić information content (AvgIpc) is 2.92. The number of hydrogen-bond donors (Lipinski definition) is 1. The third kappa shape index (κ3) is 4.05. The topological polar surface area (TPSA) is 50.2 Å². The molecule has 0 bridgehead atoms. The lowest BCUT2D eigenvalue weighted by Crippen LogP contribution is -2.42. The van der Waals surface area contributed by atoms with E-state index in [4.69, 9.17) is 11.6 Å².